The molecule has 0 spiro atoms. The Hall–Kier alpha value is -3.12. The molecular formula is C23H22N2O3S. The van der Waals surface area contributed by atoms with Gasteiger partial charge in [0, 0.05) is 22.6 Å². The number of allylic oxidation sites excluding steroid dienone is 1. The number of nitrogens with zero attached hydrogens (tertiary/aromatic N) is 1. The number of aryl methyl sites for hydroxylation is 3. The first-order valence-electron chi connectivity index (χ1n) is 9.31. The number of carbonyl (C=O) groups excluding carboxylic acids is 1. The lowest BCUT2D eigenvalue weighted by atomic mass is 9.98. The predicted octanol–water partition coefficient (Wildman–Crippen LogP) is 6.02. The molecule has 4 aromatic rings. The number of hydrogen-bond donors (Lipinski definition) is 1. The summed E-state index contributed by atoms with van der Waals surface area (Å²) in [5, 5.41) is 4.49. The molecule has 2 aromatic carbocycles. The molecule has 0 saturated carbocycles. The van der Waals surface area contributed by atoms with Crippen LogP contribution in [-0.2, 0) is 4.79 Å². The molecule has 0 bridgehead atoms. The van der Waals surface area contributed by atoms with Crippen LogP contribution in [0.4, 0.5) is 5.13 Å². The first kappa shape index (κ1) is 19.2. The average molecular weight is 407 g/mol. The maximum atomic E-state index is 12.6. The molecule has 1 amide bonds. The van der Waals surface area contributed by atoms with E-state index in [1.54, 1.807) is 13.2 Å². The zero-order valence-corrected chi connectivity index (χ0v) is 17.9. The van der Waals surface area contributed by atoms with Crippen LogP contribution in [0.2, 0.25) is 0 Å². The quantitative estimate of drug-likeness (QED) is 0.421. The van der Waals surface area contributed by atoms with E-state index in [4.69, 9.17) is 9.15 Å². The van der Waals surface area contributed by atoms with E-state index in [0.717, 1.165) is 49.2 Å². The van der Waals surface area contributed by atoms with Gasteiger partial charge in [0.1, 0.15) is 17.1 Å². The highest BCUT2D eigenvalue weighted by molar-refractivity contribution is 7.22. The fourth-order valence-electron chi connectivity index (χ4n) is 3.51. The number of para-hydroxylation sites is 1. The molecule has 0 radical (unpaired) electrons. The highest BCUT2D eigenvalue weighted by atomic mass is 32.1. The van der Waals surface area contributed by atoms with Gasteiger partial charge in [0.05, 0.1) is 17.3 Å². The summed E-state index contributed by atoms with van der Waals surface area (Å²) < 4.78 is 12.6. The highest BCUT2D eigenvalue weighted by Crippen LogP contribution is 2.38. The molecule has 0 aliphatic heterocycles. The number of ether oxygens (including phenoxy) is 1. The summed E-state index contributed by atoms with van der Waals surface area (Å²) in [7, 11) is 1.63. The number of rotatable bonds is 4. The summed E-state index contributed by atoms with van der Waals surface area (Å²) in [5.41, 5.74) is 5.41. The third-order valence-corrected chi connectivity index (χ3v) is 6.10. The second-order valence-corrected chi connectivity index (χ2v) is 8.08. The number of furan rings is 1. The first-order valence-corrected chi connectivity index (χ1v) is 10.1. The van der Waals surface area contributed by atoms with Gasteiger partial charge in [-0.05, 0) is 57.0 Å². The van der Waals surface area contributed by atoms with Crippen LogP contribution in [0.25, 0.3) is 26.8 Å². The van der Waals surface area contributed by atoms with E-state index in [-0.39, 0.29) is 5.91 Å². The molecule has 4 rings (SSSR count). The van der Waals surface area contributed by atoms with E-state index in [9.17, 15) is 4.79 Å². The fourth-order valence-corrected chi connectivity index (χ4v) is 4.38. The van der Waals surface area contributed by atoms with Gasteiger partial charge in [-0.2, -0.15) is 0 Å². The monoisotopic (exact) mass is 406 g/mol. The second kappa shape index (κ2) is 7.37. The Morgan fingerprint density at radius 2 is 1.97 bits per heavy atom. The summed E-state index contributed by atoms with van der Waals surface area (Å²) in [6.07, 6.45) is 1.58. The van der Waals surface area contributed by atoms with Crippen LogP contribution >= 0.6 is 11.3 Å². The maximum absolute atomic E-state index is 12.6. The minimum absolute atomic E-state index is 0.221. The highest BCUT2D eigenvalue weighted by Gasteiger charge is 2.18. The van der Waals surface area contributed by atoms with Gasteiger partial charge in [-0.25, -0.2) is 4.98 Å². The molecule has 2 aromatic heterocycles. The van der Waals surface area contributed by atoms with Crippen molar-refractivity contribution in [3.8, 4) is 5.75 Å². The van der Waals surface area contributed by atoms with Gasteiger partial charge in [-0.15, -0.1) is 0 Å². The zero-order valence-electron chi connectivity index (χ0n) is 17.0. The van der Waals surface area contributed by atoms with Crippen LogP contribution < -0.4 is 10.1 Å². The minimum atomic E-state index is -0.221. The summed E-state index contributed by atoms with van der Waals surface area (Å²) >= 11 is 1.46. The third kappa shape index (κ3) is 3.40. The molecule has 2 heterocycles. The van der Waals surface area contributed by atoms with Gasteiger partial charge in [0.15, 0.2) is 5.13 Å². The van der Waals surface area contributed by atoms with Gasteiger partial charge in [-0.3, -0.25) is 10.1 Å². The molecule has 0 atom stereocenters. The standard InChI is InChI=1S/C23H22N2O3S/c1-12(10-20(26)25-23-24-18-8-6-7-9-19(18)29-23)16-11-17-13(2)15(4)28-22(17)14(3)21(16)27-5/h6-11H,1-5H3,(H,24,25,26)/b12-10+. The van der Waals surface area contributed by atoms with Crippen molar-refractivity contribution < 1.29 is 13.9 Å². The van der Waals surface area contributed by atoms with Crippen LogP contribution in [-0.4, -0.2) is 18.0 Å². The number of fused-ring (bicyclic) bond motifs is 2. The lowest BCUT2D eigenvalue weighted by Crippen LogP contribution is -2.08. The van der Waals surface area contributed by atoms with Crippen LogP contribution in [0.1, 0.15) is 29.4 Å². The Kier molecular flexibility index (Phi) is 4.88. The number of hydrogen-bond acceptors (Lipinski definition) is 5. The van der Waals surface area contributed by atoms with Crippen LogP contribution in [0, 0.1) is 20.8 Å². The van der Waals surface area contributed by atoms with Crippen molar-refractivity contribution in [2.24, 2.45) is 0 Å². The molecule has 6 heteroatoms. The number of thiazole rings is 1. The second-order valence-electron chi connectivity index (χ2n) is 7.05. The smallest absolute Gasteiger partial charge is 0.250 e. The van der Waals surface area contributed by atoms with Crippen LogP contribution in [0.15, 0.2) is 40.8 Å². The van der Waals surface area contributed by atoms with Crippen molar-refractivity contribution in [2.45, 2.75) is 27.7 Å². The molecule has 0 unspecified atom stereocenters. The Labute approximate surface area is 173 Å². The summed E-state index contributed by atoms with van der Waals surface area (Å²) in [5.74, 6) is 1.38. The Bertz CT molecular complexity index is 1250. The van der Waals surface area contributed by atoms with E-state index < -0.39 is 0 Å². The van der Waals surface area contributed by atoms with Crippen molar-refractivity contribution >= 4 is 49.1 Å². The summed E-state index contributed by atoms with van der Waals surface area (Å²) in [6, 6.07) is 9.84. The van der Waals surface area contributed by atoms with Crippen molar-refractivity contribution in [2.75, 3.05) is 12.4 Å². The number of carbonyl (C=O) groups is 1. The number of methoxy groups -OCH3 is 1. The molecule has 148 valence electrons. The van der Waals surface area contributed by atoms with Crippen LogP contribution in [0.5, 0.6) is 5.75 Å². The van der Waals surface area contributed by atoms with Gasteiger partial charge >= 0.3 is 0 Å². The number of nitrogens with one attached hydrogen (secondary N) is 1. The van der Waals surface area contributed by atoms with Gasteiger partial charge in [0.25, 0.3) is 0 Å². The molecule has 0 aliphatic carbocycles. The molecule has 5 nitrogen and oxygen atoms in total. The first-order chi connectivity index (χ1) is 13.9. The topological polar surface area (TPSA) is 64.4 Å². The van der Waals surface area contributed by atoms with E-state index >= 15 is 0 Å². The minimum Gasteiger partial charge on any atom is -0.496 e. The summed E-state index contributed by atoms with van der Waals surface area (Å²) in [6.45, 7) is 7.87. The van der Waals surface area contributed by atoms with Crippen molar-refractivity contribution in [1.29, 1.82) is 0 Å². The third-order valence-electron chi connectivity index (χ3n) is 5.15. The molecule has 0 aliphatic rings. The normalized spacial score (nSPS) is 12.0. The largest absolute Gasteiger partial charge is 0.496 e. The van der Waals surface area contributed by atoms with Crippen molar-refractivity contribution in [3.63, 3.8) is 0 Å². The number of aromatic nitrogens is 1. The Balaban J connectivity index is 1.69. The lowest BCUT2D eigenvalue weighted by molar-refractivity contribution is -0.111. The SMILES string of the molecule is COc1c(/C(C)=C/C(=O)Nc2nc3ccccc3s2)cc2c(C)c(C)oc2c1C. The molecule has 1 N–H and O–H groups in total. The number of benzene rings is 2. The fraction of sp³-hybridized carbons (Fsp3) is 0.217. The molecule has 0 fully saturated rings. The molecule has 29 heavy (non-hydrogen) atoms. The van der Waals surface area contributed by atoms with E-state index in [0.29, 0.717) is 10.9 Å². The Morgan fingerprint density at radius 1 is 1.21 bits per heavy atom. The van der Waals surface area contributed by atoms with Crippen molar-refractivity contribution in [3.05, 3.63) is 58.9 Å². The lowest BCUT2D eigenvalue weighted by Gasteiger charge is -2.13. The zero-order chi connectivity index (χ0) is 20.7. The van der Waals surface area contributed by atoms with Crippen molar-refractivity contribution in [1.82, 2.24) is 4.98 Å². The summed E-state index contributed by atoms with van der Waals surface area (Å²) in [4.78, 5) is 17.1. The maximum Gasteiger partial charge on any atom is 0.250 e. The molecular weight excluding hydrogens is 384 g/mol. The number of anilines is 1. The van der Waals surface area contributed by atoms with E-state index in [1.807, 2.05) is 58.0 Å². The molecule has 0 saturated heterocycles. The van der Waals surface area contributed by atoms with Crippen LogP contribution in [0.3, 0.4) is 0 Å². The predicted molar refractivity (Wildman–Crippen MR) is 119 cm³/mol. The van der Waals surface area contributed by atoms with E-state index in [2.05, 4.69) is 10.3 Å². The van der Waals surface area contributed by atoms with Gasteiger partial charge in [0.2, 0.25) is 5.91 Å². The van der Waals surface area contributed by atoms with E-state index in [1.165, 1.54) is 11.3 Å². The number of amides is 1. The Morgan fingerprint density at radius 3 is 2.69 bits per heavy atom. The van der Waals surface area contributed by atoms with Gasteiger partial charge in [-0.1, -0.05) is 23.5 Å². The average Bonchev–Trinajstić information content (AvgIpc) is 3.22. The van der Waals surface area contributed by atoms with Gasteiger partial charge < -0.3 is 9.15 Å².